The van der Waals surface area contributed by atoms with Crippen molar-refractivity contribution in [1.82, 2.24) is 0 Å². The lowest BCUT2D eigenvalue weighted by Crippen LogP contribution is -2.18. The number of nitrogens with two attached hydrogens (primary N) is 1. The summed E-state index contributed by atoms with van der Waals surface area (Å²) in [4.78, 5) is 11.1. The van der Waals surface area contributed by atoms with Crippen molar-refractivity contribution in [1.29, 1.82) is 0 Å². The normalized spacial score (nSPS) is 12.1. The highest BCUT2D eigenvalue weighted by Gasteiger charge is 2.10. The summed E-state index contributed by atoms with van der Waals surface area (Å²) in [6, 6.07) is 9.73. The molecule has 4 nitrogen and oxygen atoms in total. The molecule has 0 aliphatic carbocycles. The van der Waals surface area contributed by atoms with Crippen LogP contribution in [-0.4, -0.2) is 25.7 Å². The highest BCUT2D eigenvalue weighted by molar-refractivity contribution is 5.69. The molecule has 0 aliphatic rings. The van der Waals surface area contributed by atoms with Crippen molar-refractivity contribution in [2.24, 2.45) is 5.73 Å². The minimum Gasteiger partial charge on any atom is -0.466 e. The second kappa shape index (κ2) is 7.81. The van der Waals surface area contributed by atoms with Gasteiger partial charge in [0.25, 0.3) is 0 Å². The second-order valence-corrected chi connectivity index (χ2v) is 3.56. The molecule has 1 atom stereocenters. The molecule has 0 amide bonds. The molecule has 1 rings (SSSR count). The van der Waals surface area contributed by atoms with E-state index in [4.69, 9.17) is 15.2 Å². The van der Waals surface area contributed by atoms with Crippen molar-refractivity contribution < 1.29 is 14.3 Å². The Hall–Kier alpha value is -1.39. The Kier molecular flexibility index (Phi) is 6.29. The van der Waals surface area contributed by atoms with E-state index in [1.165, 1.54) is 0 Å². The van der Waals surface area contributed by atoms with Gasteiger partial charge in [-0.15, -0.1) is 0 Å². The summed E-state index contributed by atoms with van der Waals surface area (Å²) in [7, 11) is 0. The average Bonchev–Trinajstić information content (AvgIpc) is 2.36. The van der Waals surface area contributed by atoms with Gasteiger partial charge in [0.15, 0.2) is 0 Å². The lowest BCUT2D eigenvalue weighted by atomic mass is 10.1. The highest BCUT2D eigenvalue weighted by Crippen LogP contribution is 2.15. The van der Waals surface area contributed by atoms with Crippen LogP contribution in [0, 0.1) is 0 Å². The summed E-state index contributed by atoms with van der Waals surface area (Å²) in [5, 5.41) is 0. The predicted molar refractivity (Wildman–Crippen MR) is 65.4 cm³/mol. The van der Waals surface area contributed by atoms with E-state index in [0.717, 1.165) is 5.56 Å². The van der Waals surface area contributed by atoms with Gasteiger partial charge in [-0.25, -0.2) is 0 Å². The summed E-state index contributed by atoms with van der Waals surface area (Å²) < 4.78 is 10.4. The Bertz CT molecular complexity index is 327. The molecule has 0 spiro atoms. The van der Waals surface area contributed by atoms with E-state index in [-0.39, 0.29) is 18.5 Å². The minimum absolute atomic E-state index is 0.161. The van der Waals surface area contributed by atoms with Crippen molar-refractivity contribution in [2.75, 3.05) is 19.8 Å². The van der Waals surface area contributed by atoms with Gasteiger partial charge in [-0.3, -0.25) is 4.79 Å². The van der Waals surface area contributed by atoms with E-state index in [9.17, 15) is 4.79 Å². The fourth-order valence-corrected chi connectivity index (χ4v) is 1.49. The Morgan fingerprint density at radius 2 is 2.06 bits per heavy atom. The van der Waals surface area contributed by atoms with Crippen molar-refractivity contribution >= 4 is 5.97 Å². The van der Waals surface area contributed by atoms with E-state index in [1.807, 2.05) is 30.3 Å². The number of rotatable bonds is 7. The third-order valence-corrected chi connectivity index (χ3v) is 2.32. The Labute approximate surface area is 102 Å². The average molecular weight is 237 g/mol. The molecule has 0 saturated carbocycles. The molecule has 0 aromatic heterocycles. The van der Waals surface area contributed by atoms with Crippen LogP contribution < -0.4 is 5.73 Å². The first-order valence-corrected chi connectivity index (χ1v) is 5.80. The maximum atomic E-state index is 11.1. The summed E-state index contributed by atoms with van der Waals surface area (Å²) in [5.41, 5.74) is 6.67. The number of hydrogen-bond acceptors (Lipinski definition) is 4. The number of hydrogen-bond donors (Lipinski definition) is 1. The van der Waals surface area contributed by atoms with Crippen LogP contribution in [0.15, 0.2) is 30.3 Å². The van der Waals surface area contributed by atoms with Gasteiger partial charge in [0.2, 0.25) is 0 Å². The van der Waals surface area contributed by atoms with Crippen LogP contribution in [-0.2, 0) is 14.3 Å². The molecule has 2 N–H and O–H groups in total. The van der Waals surface area contributed by atoms with E-state index < -0.39 is 0 Å². The quantitative estimate of drug-likeness (QED) is 0.732. The monoisotopic (exact) mass is 237 g/mol. The fraction of sp³-hybridized carbons (Fsp3) is 0.462. The molecule has 17 heavy (non-hydrogen) atoms. The van der Waals surface area contributed by atoms with Crippen LogP contribution >= 0.6 is 0 Å². The van der Waals surface area contributed by atoms with E-state index in [0.29, 0.717) is 19.8 Å². The highest BCUT2D eigenvalue weighted by atomic mass is 16.5. The number of esters is 1. The van der Waals surface area contributed by atoms with E-state index in [1.54, 1.807) is 6.92 Å². The van der Waals surface area contributed by atoms with Crippen molar-refractivity contribution in [3.8, 4) is 0 Å². The summed E-state index contributed by atoms with van der Waals surface area (Å²) in [6.45, 7) is 2.91. The zero-order valence-electron chi connectivity index (χ0n) is 10.1. The fourth-order valence-electron chi connectivity index (χ4n) is 1.49. The largest absolute Gasteiger partial charge is 0.466 e. The number of benzene rings is 1. The van der Waals surface area contributed by atoms with Crippen molar-refractivity contribution in [3.05, 3.63) is 35.9 Å². The topological polar surface area (TPSA) is 61.5 Å². The second-order valence-electron chi connectivity index (χ2n) is 3.56. The van der Waals surface area contributed by atoms with Gasteiger partial charge in [0, 0.05) is 6.54 Å². The molecule has 4 heteroatoms. The van der Waals surface area contributed by atoms with Gasteiger partial charge >= 0.3 is 5.97 Å². The Balaban J connectivity index is 2.36. The Morgan fingerprint density at radius 1 is 1.35 bits per heavy atom. The molecule has 0 fully saturated rings. The van der Waals surface area contributed by atoms with Gasteiger partial charge in [0.1, 0.15) is 0 Å². The van der Waals surface area contributed by atoms with Gasteiger partial charge < -0.3 is 15.2 Å². The maximum absolute atomic E-state index is 11.1. The van der Waals surface area contributed by atoms with Crippen LogP contribution in [0.3, 0.4) is 0 Å². The Morgan fingerprint density at radius 3 is 2.65 bits per heavy atom. The van der Waals surface area contributed by atoms with Gasteiger partial charge in [-0.05, 0) is 12.5 Å². The molecule has 1 aromatic carbocycles. The molecule has 0 aliphatic heterocycles. The van der Waals surface area contributed by atoms with Crippen molar-refractivity contribution in [3.63, 3.8) is 0 Å². The first-order valence-electron chi connectivity index (χ1n) is 5.80. The van der Waals surface area contributed by atoms with Gasteiger partial charge in [-0.1, -0.05) is 30.3 Å². The SMILES string of the molecule is CCOC(=O)CCO[C@@H](CN)c1ccccc1. The van der Waals surface area contributed by atoms with Crippen LogP contribution in [0.5, 0.6) is 0 Å². The van der Waals surface area contributed by atoms with Crippen LogP contribution in [0.4, 0.5) is 0 Å². The molecule has 0 heterocycles. The standard InChI is InChI=1S/C13H19NO3/c1-2-16-13(15)8-9-17-12(10-14)11-6-4-3-5-7-11/h3-7,12H,2,8-10,14H2,1H3/t12-/m0/s1. The van der Waals surface area contributed by atoms with Crippen molar-refractivity contribution in [2.45, 2.75) is 19.4 Å². The summed E-state index contributed by atoms with van der Waals surface area (Å²) in [5.74, 6) is -0.240. The lowest BCUT2D eigenvalue weighted by Gasteiger charge is -2.15. The molecular weight excluding hydrogens is 218 g/mol. The lowest BCUT2D eigenvalue weighted by molar-refractivity contribution is -0.144. The molecule has 0 unspecified atom stereocenters. The first-order chi connectivity index (χ1) is 8.27. The molecule has 0 bridgehead atoms. The van der Waals surface area contributed by atoms with Crippen LogP contribution in [0.1, 0.15) is 25.0 Å². The summed E-state index contributed by atoms with van der Waals surface area (Å²) in [6.07, 6.45) is 0.0996. The number of carbonyl (C=O) groups excluding carboxylic acids is 1. The zero-order chi connectivity index (χ0) is 12.5. The first kappa shape index (κ1) is 13.7. The third kappa shape index (κ3) is 4.97. The van der Waals surface area contributed by atoms with E-state index in [2.05, 4.69) is 0 Å². The van der Waals surface area contributed by atoms with Crippen LogP contribution in [0.25, 0.3) is 0 Å². The minimum atomic E-state index is -0.240. The molecule has 0 radical (unpaired) electrons. The maximum Gasteiger partial charge on any atom is 0.308 e. The summed E-state index contributed by atoms with van der Waals surface area (Å²) >= 11 is 0. The smallest absolute Gasteiger partial charge is 0.308 e. The third-order valence-electron chi connectivity index (χ3n) is 2.32. The molecule has 1 aromatic rings. The zero-order valence-corrected chi connectivity index (χ0v) is 10.1. The van der Waals surface area contributed by atoms with Crippen LogP contribution in [0.2, 0.25) is 0 Å². The molecule has 0 saturated heterocycles. The van der Waals surface area contributed by atoms with E-state index >= 15 is 0 Å². The van der Waals surface area contributed by atoms with Gasteiger partial charge in [-0.2, -0.15) is 0 Å². The number of carbonyl (C=O) groups is 1. The molecular formula is C13H19NO3. The number of ether oxygens (including phenoxy) is 2. The predicted octanol–water partition coefficient (Wildman–Crippen LogP) is 1.66. The molecule has 94 valence electrons. The van der Waals surface area contributed by atoms with Gasteiger partial charge in [0.05, 0.1) is 25.7 Å².